The minimum atomic E-state index is -0.985. The van der Waals surface area contributed by atoms with Crippen molar-refractivity contribution in [3.8, 4) is 0 Å². The maximum Gasteiger partial charge on any atom is 0.330 e. The molecule has 2 N–H and O–H groups in total. The molecule has 3 nitrogen and oxygen atoms in total. The summed E-state index contributed by atoms with van der Waals surface area (Å²) in [6, 6.07) is 4.28. The average Bonchev–Trinajstić information content (AvgIpc) is 2.12. The fraction of sp³-hybridized carbons (Fsp3) is 0.100. The molecule has 0 amide bonds. The van der Waals surface area contributed by atoms with Gasteiger partial charge in [-0.3, -0.25) is 0 Å². The van der Waals surface area contributed by atoms with Gasteiger partial charge < -0.3 is 10.4 Å². The van der Waals surface area contributed by atoms with Crippen molar-refractivity contribution < 1.29 is 9.90 Å². The van der Waals surface area contributed by atoms with Gasteiger partial charge in [-0.25, -0.2) is 4.79 Å². The summed E-state index contributed by atoms with van der Waals surface area (Å²) >= 11 is 9.08. The predicted octanol–water partition coefficient (Wildman–Crippen LogP) is 3.15. The highest BCUT2D eigenvalue weighted by molar-refractivity contribution is 9.10. The molecule has 0 aliphatic rings. The first kappa shape index (κ1) is 12.1. The van der Waals surface area contributed by atoms with Gasteiger partial charge in [0.1, 0.15) is 6.04 Å². The van der Waals surface area contributed by atoms with E-state index in [1.54, 1.807) is 18.2 Å². The first-order chi connectivity index (χ1) is 7.02. The normalized spacial score (nSPS) is 11.9. The Hall–Kier alpha value is -1.00. The Bertz CT molecular complexity index is 375. The molecule has 0 fully saturated rings. The van der Waals surface area contributed by atoms with E-state index in [1.807, 2.05) is 0 Å². The molecule has 5 heteroatoms. The predicted molar refractivity (Wildman–Crippen MR) is 64.4 cm³/mol. The third-order valence-electron chi connectivity index (χ3n) is 1.69. The Morgan fingerprint density at radius 1 is 1.60 bits per heavy atom. The molecule has 0 aliphatic heterocycles. The highest BCUT2D eigenvalue weighted by Crippen LogP contribution is 2.23. The molecule has 80 valence electrons. The highest BCUT2D eigenvalue weighted by Gasteiger charge is 2.12. The topological polar surface area (TPSA) is 49.3 Å². The van der Waals surface area contributed by atoms with E-state index in [-0.39, 0.29) is 0 Å². The molecule has 0 spiro atoms. The van der Waals surface area contributed by atoms with Gasteiger partial charge in [0.15, 0.2) is 0 Å². The van der Waals surface area contributed by atoms with Gasteiger partial charge in [0.25, 0.3) is 0 Å². The van der Waals surface area contributed by atoms with Crippen LogP contribution in [0.25, 0.3) is 0 Å². The van der Waals surface area contributed by atoms with Crippen molar-refractivity contribution in [2.24, 2.45) is 0 Å². The van der Waals surface area contributed by atoms with Gasteiger partial charge in [-0.1, -0.05) is 33.6 Å². The second-order valence-electron chi connectivity index (χ2n) is 2.85. The Morgan fingerprint density at radius 2 is 2.27 bits per heavy atom. The monoisotopic (exact) mass is 289 g/mol. The molecule has 1 unspecified atom stereocenters. The zero-order valence-corrected chi connectivity index (χ0v) is 10.0. The van der Waals surface area contributed by atoms with Crippen LogP contribution < -0.4 is 5.32 Å². The van der Waals surface area contributed by atoms with Crippen molar-refractivity contribution in [1.29, 1.82) is 0 Å². The maximum atomic E-state index is 10.7. The zero-order valence-electron chi connectivity index (χ0n) is 7.71. The molecule has 0 heterocycles. The zero-order chi connectivity index (χ0) is 11.4. The van der Waals surface area contributed by atoms with E-state index < -0.39 is 12.0 Å². The van der Waals surface area contributed by atoms with E-state index in [4.69, 9.17) is 16.7 Å². The van der Waals surface area contributed by atoms with Gasteiger partial charge in [0.2, 0.25) is 0 Å². The number of benzene rings is 1. The third-order valence-corrected chi connectivity index (χ3v) is 2.36. The van der Waals surface area contributed by atoms with Crippen LogP contribution in [0.2, 0.25) is 5.02 Å². The van der Waals surface area contributed by atoms with Crippen molar-refractivity contribution in [1.82, 2.24) is 0 Å². The fourth-order valence-electron chi connectivity index (χ4n) is 1.04. The van der Waals surface area contributed by atoms with Crippen LogP contribution in [0.5, 0.6) is 0 Å². The van der Waals surface area contributed by atoms with E-state index in [1.165, 1.54) is 6.08 Å². The minimum Gasteiger partial charge on any atom is -0.479 e. The maximum absolute atomic E-state index is 10.7. The molecule has 1 atom stereocenters. The summed E-state index contributed by atoms with van der Waals surface area (Å²) in [5, 5.41) is 12.1. The molecule has 0 bridgehead atoms. The number of carboxylic acids is 1. The molecule has 1 aromatic rings. The molecule has 1 aromatic carbocycles. The number of halogens is 2. The van der Waals surface area contributed by atoms with Crippen LogP contribution in [0.15, 0.2) is 35.3 Å². The lowest BCUT2D eigenvalue weighted by molar-refractivity contribution is -0.136. The number of aliphatic carboxylic acids is 1. The largest absolute Gasteiger partial charge is 0.479 e. The van der Waals surface area contributed by atoms with Crippen molar-refractivity contribution in [2.45, 2.75) is 6.04 Å². The van der Waals surface area contributed by atoms with Gasteiger partial charge in [-0.15, -0.1) is 6.58 Å². The Kier molecular flexibility index (Phi) is 4.17. The summed E-state index contributed by atoms with van der Waals surface area (Å²) in [5.41, 5.74) is 0.627. The average molecular weight is 291 g/mol. The molecule has 0 radical (unpaired) electrons. The second-order valence-corrected chi connectivity index (χ2v) is 4.21. The van der Waals surface area contributed by atoms with Crippen LogP contribution in [0.4, 0.5) is 5.69 Å². The first-order valence-electron chi connectivity index (χ1n) is 4.11. The van der Waals surface area contributed by atoms with E-state index >= 15 is 0 Å². The number of carboxylic acid groups (broad SMARTS) is 1. The van der Waals surface area contributed by atoms with E-state index in [2.05, 4.69) is 27.8 Å². The van der Waals surface area contributed by atoms with Crippen LogP contribution in [-0.2, 0) is 4.79 Å². The molecule has 0 saturated heterocycles. The van der Waals surface area contributed by atoms with E-state index in [0.717, 1.165) is 4.47 Å². The number of anilines is 1. The first-order valence-corrected chi connectivity index (χ1v) is 5.28. The molecular formula is C10H9BrClNO2. The Balaban J connectivity index is 2.88. The number of carbonyl (C=O) groups is 1. The van der Waals surface area contributed by atoms with Crippen LogP contribution in [0.1, 0.15) is 0 Å². The third kappa shape index (κ3) is 3.57. The van der Waals surface area contributed by atoms with Gasteiger partial charge >= 0.3 is 5.97 Å². The Morgan fingerprint density at radius 3 is 2.73 bits per heavy atom. The summed E-state index contributed by atoms with van der Waals surface area (Å²) in [4.78, 5) is 10.7. The molecule has 0 saturated carbocycles. The summed E-state index contributed by atoms with van der Waals surface area (Å²) in [7, 11) is 0. The number of nitrogens with one attached hydrogen (secondary N) is 1. The Labute approximate surface area is 101 Å². The quantitative estimate of drug-likeness (QED) is 0.838. The molecule has 1 rings (SSSR count). The van der Waals surface area contributed by atoms with Gasteiger partial charge in [-0.2, -0.15) is 0 Å². The smallest absolute Gasteiger partial charge is 0.330 e. The number of hydrogen-bond acceptors (Lipinski definition) is 2. The molecule has 0 aliphatic carbocycles. The van der Waals surface area contributed by atoms with Crippen LogP contribution >= 0.6 is 27.5 Å². The lowest BCUT2D eigenvalue weighted by atomic mass is 10.2. The van der Waals surface area contributed by atoms with E-state index in [9.17, 15) is 4.79 Å². The van der Waals surface area contributed by atoms with Crippen molar-refractivity contribution in [2.75, 3.05) is 5.32 Å². The van der Waals surface area contributed by atoms with Crippen molar-refractivity contribution in [3.05, 3.63) is 40.3 Å². The van der Waals surface area contributed by atoms with Crippen LogP contribution in [0, 0.1) is 0 Å². The van der Waals surface area contributed by atoms with Crippen molar-refractivity contribution >= 4 is 39.2 Å². The summed E-state index contributed by atoms with van der Waals surface area (Å²) in [5.74, 6) is -0.985. The SMILES string of the molecule is C=CC(Nc1cc(Cl)cc(Br)c1)C(=O)O. The summed E-state index contributed by atoms with van der Waals surface area (Å²) < 4.78 is 0.783. The number of rotatable bonds is 4. The van der Waals surface area contributed by atoms with Gasteiger partial charge in [-0.05, 0) is 18.2 Å². The lowest BCUT2D eigenvalue weighted by Crippen LogP contribution is -2.26. The van der Waals surface area contributed by atoms with Crippen LogP contribution in [0.3, 0.4) is 0 Å². The summed E-state index contributed by atoms with van der Waals surface area (Å²) in [6.07, 6.45) is 1.32. The van der Waals surface area contributed by atoms with Crippen molar-refractivity contribution in [3.63, 3.8) is 0 Å². The van der Waals surface area contributed by atoms with Gasteiger partial charge in [0.05, 0.1) is 0 Å². The lowest BCUT2D eigenvalue weighted by Gasteiger charge is -2.12. The molecule has 0 aromatic heterocycles. The highest BCUT2D eigenvalue weighted by atomic mass is 79.9. The number of hydrogen-bond donors (Lipinski definition) is 2. The van der Waals surface area contributed by atoms with Crippen LogP contribution in [-0.4, -0.2) is 17.1 Å². The molecule has 15 heavy (non-hydrogen) atoms. The molecular weight excluding hydrogens is 281 g/mol. The second kappa shape index (κ2) is 5.19. The minimum absolute atomic E-state index is 0.528. The standard InChI is InChI=1S/C10H9BrClNO2/c1-2-9(10(14)15)13-8-4-6(11)3-7(12)5-8/h2-5,9,13H,1H2,(H,14,15). The fourth-order valence-corrected chi connectivity index (χ4v) is 1.90. The summed E-state index contributed by atoms with van der Waals surface area (Å²) in [6.45, 7) is 3.44. The van der Waals surface area contributed by atoms with Gasteiger partial charge in [0, 0.05) is 15.2 Å². The van der Waals surface area contributed by atoms with E-state index in [0.29, 0.717) is 10.7 Å².